The first-order valence-corrected chi connectivity index (χ1v) is 5.47. The van der Waals surface area contributed by atoms with Crippen LogP contribution in [0.4, 0.5) is 0 Å². The maximum absolute atomic E-state index is 11.4. The lowest BCUT2D eigenvalue weighted by Gasteiger charge is -2.32. The lowest BCUT2D eigenvalue weighted by molar-refractivity contribution is -0.145. The first-order valence-electron chi connectivity index (χ1n) is 5.47. The van der Waals surface area contributed by atoms with Gasteiger partial charge in [0.25, 0.3) is 0 Å². The van der Waals surface area contributed by atoms with Crippen molar-refractivity contribution in [2.24, 2.45) is 5.92 Å². The second-order valence-corrected chi connectivity index (χ2v) is 3.84. The topological polar surface area (TPSA) is 46.5 Å². The lowest BCUT2D eigenvalue weighted by atomic mass is 9.79. The average Bonchev–Trinajstić information content (AvgIpc) is 2.22. The zero-order valence-corrected chi connectivity index (χ0v) is 9.56. The molecular formula is C13H18O3. The smallest absolute Gasteiger partial charge is 0.306 e. The monoisotopic (exact) mass is 222 g/mol. The fourth-order valence-corrected chi connectivity index (χ4v) is 1.81. The average molecular weight is 222 g/mol. The first-order chi connectivity index (χ1) is 7.62. The molecule has 0 amide bonds. The third-order valence-corrected chi connectivity index (χ3v) is 2.64. The van der Waals surface area contributed by atoms with Gasteiger partial charge in [-0.25, -0.2) is 0 Å². The lowest BCUT2D eigenvalue weighted by Crippen LogP contribution is -2.37. The predicted octanol–water partition coefficient (Wildman–Crippen LogP) is 1.99. The Kier molecular flexibility index (Phi) is 4.50. The summed E-state index contributed by atoms with van der Waals surface area (Å²) in [4.78, 5) is 11.4. The quantitative estimate of drug-likeness (QED) is 0.571. The molecule has 1 aliphatic carbocycles. The van der Waals surface area contributed by atoms with Crippen molar-refractivity contribution in [3.8, 4) is 0 Å². The number of aliphatic hydroxyl groups is 1. The minimum atomic E-state index is -1.01. The minimum Gasteiger partial charge on any atom is -0.466 e. The number of carbonyl (C=O) groups is 1. The highest BCUT2D eigenvalue weighted by molar-refractivity contribution is 5.70. The van der Waals surface area contributed by atoms with Crippen LogP contribution < -0.4 is 0 Å². The van der Waals surface area contributed by atoms with Crippen LogP contribution >= 0.6 is 0 Å². The van der Waals surface area contributed by atoms with Crippen molar-refractivity contribution in [3.05, 3.63) is 37.0 Å². The second-order valence-electron chi connectivity index (χ2n) is 3.84. The molecule has 1 N–H and O–H groups in total. The van der Waals surface area contributed by atoms with Crippen LogP contribution in [0.25, 0.3) is 0 Å². The Bertz CT molecular complexity index is 317. The maximum Gasteiger partial charge on any atom is 0.306 e. The first kappa shape index (κ1) is 12.7. The van der Waals surface area contributed by atoms with Crippen LogP contribution in [-0.2, 0) is 9.53 Å². The van der Waals surface area contributed by atoms with E-state index in [2.05, 4.69) is 6.58 Å². The summed E-state index contributed by atoms with van der Waals surface area (Å²) in [7, 11) is 0. The Morgan fingerprint density at radius 3 is 3.00 bits per heavy atom. The summed E-state index contributed by atoms with van der Waals surface area (Å²) >= 11 is 0. The SMILES string of the molecule is C=CCC1(O)C=CC=CC1CC(=O)OCC. The van der Waals surface area contributed by atoms with E-state index in [0.29, 0.717) is 13.0 Å². The molecule has 1 rings (SSSR count). The van der Waals surface area contributed by atoms with Crippen LogP contribution in [0.5, 0.6) is 0 Å². The maximum atomic E-state index is 11.4. The highest BCUT2D eigenvalue weighted by atomic mass is 16.5. The van der Waals surface area contributed by atoms with E-state index in [1.165, 1.54) is 0 Å². The van der Waals surface area contributed by atoms with E-state index in [0.717, 1.165) is 0 Å². The zero-order valence-electron chi connectivity index (χ0n) is 9.56. The summed E-state index contributed by atoms with van der Waals surface area (Å²) in [5.74, 6) is -0.524. The van der Waals surface area contributed by atoms with Gasteiger partial charge in [0, 0.05) is 5.92 Å². The van der Waals surface area contributed by atoms with Crippen molar-refractivity contribution in [2.45, 2.75) is 25.4 Å². The van der Waals surface area contributed by atoms with E-state index in [1.807, 2.05) is 12.2 Å². The molecule has 0 aromatic carbocycles. The van der Waals surface area contributed by atoms with Crippen molar-refractivity contribution < 1.29 is 14.6 Å². The van der Waals surface area contributed by atoms with Crippen molar-refractivity contribution >= 4 is 5.97 Å². The molecule has 0 saturated carbocycles. The largest absolute Gasteiger partial charge is 0.466 e. The van der Waals surface area contributed by atoms with Gasteiger partial charge >= 0.3 is 5.97 Å². The van der Waals surface area contributed by atoms with Crippen molar-refractivity contribution in [3.63, 3.8) is 0 Å². The molecule has 0 aliphatic heterocycles. The molecule has 2 unspecified atom stereocenters. The van der Waals surface area contributed by atoms with Crippen LogP contribution in [-0.4, -0.2) is 23.3 Å². The van der Waals surface area contributed by atoms with Gasteiger partial charge in [0.05, 0.1) is 18.6 Å². The van der Waals surface area contributed by atoms with E-state index in [9.17, 15) is 9.90 Å². The van der Waals surface area contributed by atoms with Gasteiger partial charge in [-0.1, -0.05) is 30.4 Å². The van der Waals surface area contributed by atoms with E-state index in [-0.39, 0.29) is 18.3 Å². The van der Waals surface area contributed by atoms with Crippen molar-refractivity contribution in [1.82, 2.24) is 0 Å². The van der Waals surface area contributed by atoms with E-state index in [4.69, 9.17) is 4.74 Å². The molecule has 0 spiro atoms. The molecule has 3 heteroatoms. The van der Waals surface area contributed by atoms with Crippen LogP contribution in [0.15, 0.2) is 37.0 Å². The molecule has 0 bridgehead atoms. The predicted molar refractivity (Wildman–Crippen MR) is 62.8 cm³/mol. The molecule has 88 valence electrons. The molecule has 0 radical (unpaired) electrons. The Balaban J connectivity index is 2.69. The van der Waals surface area contributed by atoms with Gasteiger partial charge in [-0.05, 0) is 13.3 Å². The van der Waals surface area contributed by atoms with E-state index in [1.54, 1.807) is 25.2 Å². The summed E-state index contributed by atoms with van der Waals surface area (Å²) in [5, 5.41) is 10.3. The molecule has 16 heavy (non-hydrogen) atoms. The number of carbonyl (C=O) groups excluding carboxylic acids is 1. The normalized spacial score (nSPS) is 27.8. The second kappa shape index (κ2) is 5.66. The highest BCUT2D eigenvalue weighted by Gasteiger charge is 2.34. The summed E-state index contributed by atoms with van der Waals surface area (Å²) < 4.78 is 4.88. The Hall–Kier alpha value is -1.35. The number of hydrogen-bond acceptors (Lipinski definition) is 3. The van der Waals surface area contributed by atoms with Gasteiger partial charge in [-0.2, -0.15) is 0 Å². The summed E-state index contributed by atoms with van der Waals surface area (Å²) in [6.07, 6.45) is 9.43. The molecule has 0 fully saturated rings. The number of hydrogen-bond donors (Lipinski definition) is 1. The van der Waals surface area contributed by atoms with Gasteiger partial charge in [0.1, 0.15) is 0 Å². The van der Waals surface area contributed by atoms with Gasteiger partial charge in [-0.15, -0.1) is 6.58 Å². The van der Waals surface area contributed by atoms with Crippen LogP contribution in [0, 0.1) is 5.92 Å². The molecule has 0 aromatic rings. The van der Waals surface area contributed by atoms with Gasteiger partial charge in [-0.3, -0.25) is 4.79 Å². The number of rotatable bonds is 5. The van der Waals surface area contributed by atoms with Crippen LogP contribution in [0.1, 0.15) is 19.8 Å². The standard InChI is InChI=1S/C13H18O3/c1-3-8-13(15)9-6-5-7-11(13)10-12(14)16-4-2/h3,5-7,9,11,15H,1,4,8,10H2,2H3. The van der Waals surface area contributed by atoms with E-state index >= 15 is 0 Å². The van der Waals surface area contributed by atoms with Gasteiger partial charge < -0.3 is 9.84 Å². The number of esters is 1. The Labute approximate surface area is 96.1 Å². The minimum absolute atomic E-state index is 0.193. The molecule has 1 aliphatic rings. The summed E-state index contributed by atoms with van der Waals surface area (Å²) in [6, 6.07) is 0. The van der Waals surface area contributed by atoms with Gasteiger partial charge in [0.15, 0.2) is 0 Å². The van der Waals surface area contributed by atoms with Gasteiger partial charge in [0.2, 0.25) is 0 Å². The Morgan fingerprint density at radius 2 is 2.38 bits per heavy atom. The third kappa shape index (κ3) is 3.07. The van der Waals surface area contributed by atoms with Crippen molar-refractivity contribution in [1.29, 1.82) is 0 Å². The molecule has 0 heterocycles. The highest BCUT2D eigenvalue weighted by Crippen LogP contribution is 2.31. The Morgan fingerprint density at radius 1 is 1.62 bits per heavy atom. The summed E-state index contributed by atoms with van der Waals surface area (Å²) in [5.41, 5.74) is -1.01. The molecule has 0 aromatic heterocycles. The van der Waals surface area contributed by atoms with Crippen LogP contribution in [0.3, 0.4) is 0 Å². The molecule has 3 nitrogen and oxygen atoms in total. The fourth-order valence-electron chi connectivity index (χ4n) is 1.81. The van der Waals surface area contributed by atoms with Crippen molar-refractivity contribution in [2.75, 3.05) is 6.61 Å². The zero-order chi connectivity index (χ0) is 12.0. The molecular weight excluding hydrogens is 204 g/mol. The fraction of sp³-hybridized carbons (Fsp3) is 0.462. The van der Waals surface area contributed by atoms with E-state index < -0.39 is 5.60 Å². The summed E-state index contributed by atoms with van der Waals surface area (Å²) in [6.45, 7) is 5.75. The molecule has 2 atom stereocenters. The van der Waals surface area contributed by atoms with Crippen LogP contribution in [0.2, 0.25) is 0 Å². The molecule has 0 saturated heterocycles. The number of allylic oxidation sites excluding steroid dienone is 2. The number of ether oxygens (including phenoxy) is 1. The third-order valence-electron chi connectivity index (χ3n) is 2.64.